The molecule has 6 heteroatoms. The molecule has 144 valence electrons. The zero-order valence-electron chi connectivity index (χ0n) is 16.0. The van der Waals surface area contributed by atoms with Crippen molar-refractivity contribution in [3.63, 3.8) is 0 Å². The Labute approximate surface area is 169 Å². The van der Waals surface area contributed by atoms with Gasteiger partial charge in [-0.1, -0.05) is 24.3 Å². The van der Waals surface area contributed by atoms with Crippen LogP contribution in [0.1, 0.15) is 18.2 Å². The van der Waals surface area contributed by atoms with Gasteiger partial charge < -0.3 is 9.72 Å². The maximum atomic E-state index is 5.49. The molecule has 0 aliphatic rings. The summed E-state index contributed by atoms with van der Waals surface area (Å²) in [4.78, 5) is 12.3. The van der Waals surface area contributed by atoms with Gasteiger partial charge in [0.1, 0.15) is 11.4 Å². The summed E-state index contributed by atoms with van der Waals surface area (Å²) in [5.74, 6) is 1.38. The second kappa shape index (κ2) is 8.84. The van der Waals surface area contributed by atoms with Gasteiger partial charge in [0.2, 0.25) is 0 Å². The fourth-order valence-corrected chi connectivity index (χ4v) is 2.92. The highest BCUT2D eigenvalue weighted by Gasteiger charge is 2.05. The molecule has 0 aliphatic heterocycles. The molecule has 0 radical (unpaired) electrons. The van der Waals surface area contributed by atoms with E-state index in [1.807, 2.05) is 73.8 Å². The zero-order valence-corrected chi connectivity index (χ0v) is 16.0. The number of aromatic nitrogens is 2. The van der Waals surface area contributed by atoms with Gasteiger partial charge in [0.05, 0.1) is 18.5 Å². The molecule has 2 aromatic carbocycles. The van der Waals surface area contributed by atoms with Crippen molar-refractivity contribution >= 4 is 28.6 Å². The molecule has 2 N–H and O–H groups in total. The molecule has 0 saturated heterocycles. The van der Waals surface area contributed by atoms with Gasteiger partial charge >= 0.3 is 0 Å². The van der Waals surface area contributed by atoms with Crippen molar-refractivity contribution in [2.24, 2.45) is 10.1 Å². The number of hydrogen-bond donors (Lipinski definition) is 2. The molecule has 2 aromatic heterocycles. The summed E-state index contributed by atoms with van der Waals surface area (Å²) < 4.78 is 5.49. The minimum Gasteiger partial charge on any atom is -0.494 e. The van der Waals surface area contributed by atoms with E-state index >= 15 is 0 Å². The van der Waals surface area contributed by atoms with Crippen LogP contribution in [0.4, 0.5) is 5.69 Å². The number of pyridine rings is 1. The highest BCUT2D eigenvalue weighted by Crippen LogP contribution is 2.19. The number of aliphatic imine (C=N–C) groups is 1. The minimum absolute atomic E-state index is 0.561. The lowest BCUT2D eigenvalue weighted by molar-refractivity contribution is 0.340. The Morgan fingerprint density at radius 2 is 1.90 bits per heavy atom. The largest absolute Gasteiger partial charge is 0.494 e. The molecule has 0 saturated carbocycles. The van der Waals surface area contributed by atoms with E-state index in [0.29, 0.717) is 18.1 Å². The van der Waals surface area contributed by atoms with E-state index in [1.165, 1.54) is 0 Å². The summed E-state index contributed by atoms with van der Waals surface area (Å²) in [7, 11) is 0. The Hall–Kier alpha value is -3.93. The lowest BCUT2D eigenvalue weighted by Gasteiger charge is -2.06. The van der Waals surface area contributed by atoms with E-state index in [0.717, 1.165) is 27.9 Å². The third kappa shape index (κ3) is 4.50. The number of para-hydroxylation sites is 1. The quantitative estimate of drug-likeness (QED) is 0.289. The van der Waals surface area contributed by atoms with Gasteiger partial charge in [-0.15, -0.1) is 0 Å². The predicted molar refractivity (Wildman–Crippen MR) is 117 cm³/mol. The number of nitrogens with one attached hydrogen (secondary N) is 2. The van der Waals surface area contributed by atoms with Gasteiger partial charge in [0.25, 0.3) is 0 Å². The standard InChI is InChI=1S/C23H21N5O/c1-2-29-19-12-10-18(11-13-19)27-23(22-9-5-6-14-24-22)28-26-16-17-15-25-21-8-4-3-7-20(17)21/h3-16,25H,2H2,1H3,(H,27,28). The van der Waals surface area contributed by atoms with Gasteiger partial charge in [-0.3, -0.25) is 10.4 Å². The van der Waals surface area contributed by atoms with E-state index < -0.39 is 0 Å². The number of nitrogens with zero attached hydrogens (tertiary/aromatic N) is 3. The summed E-state index contributed by atoms with van der Waals surface area (Å²) in [6.07, 6.45) is 5.43. The van der Waals surface area contributed by atoms with Crippen molar-refractivity contribution in [1.82, 2.24) is 15.4 Å². The lowest BCUT2D eigenvalue weighted by Crippen LogP contribution is -2.20. The predicted octanol–water partition coefficient (Wildman–Crippen LogP) is 4.66. The van der Waals surface area contributed by atoms with Crippen molar-refractivity contribution in [1.29, 1.82) is 0 Å². The smallest absolute Gasteiger partial charge is 0.172 e. The zero-order chi connectivity index (χ0) is 19.9. The van der Waals surface area contributed by atoms with Gasteiger partial charge in [0.15, 0.2) is 5.84 Å². The van der Waals surface area contributed by atoms with Crippen LogP contribution in [-0.4, -0.2) is 28.6 Å². The van der Waals surface area contributed by atoms with E-state index in [9.17, 15) is 0 Å². The van der Waals surface area contributed by atoms with Gasteiger partial charge in [-0.25, -0.2) is 4.99 Å². The molecule has 0 atom stereocenters. The average molecular weight is 383 g/mol. The SMILES string of the molecule is CCOc1ccc(N=C(NN=Cc2c[nH]c3ccccc23)c2ccccn2)cc1. The first-order chi connectivity index (χ1) is 14.3. The van der Waals surface area contributed by atoms with Crippen molar-refractivity contribution in [2.45, 2.75) is 6.92 Å². The Bertz CT molecular complexity index is 1130. The third-order valence-electron chi connectivity index (χ3n) is 4.29. The first kappa shape index (κ1) is 18.4. The molecule has 29 heavy (non-hydrogen) atoms. The second-order valence-corrected chi connectivity index (χ2v) is 6.26. The highest BCUT2D eigenvalue weighted by atomic mass is 16.5. The lowest BCUT2D eigenvalue weighted by atomic mass is 10.2. The van der Waals surface area contributed by atoms with E-state index in [4.69, 9.17) is 4.74 Å². The number of H-pyrrole nitrogens is 1. The molecular weight excluding hydrogens is 362 g/mol. The van der Waals surface area contributed by atoms with Crippen LogP contribution in [0.15, 0.2) is 89.2 Å². The Morgan fingerprint density at radius 1 is 1.07 bits per heavy atom. The molecule has 4 aromatic rings. The van der Waals surface area contributed by atoms with Gasteiger partial charge in [-0.2, -0.15) is 5.10 Å². The number of amidine groups is 1. The van der Waals surface area contributed by atoms with E-state index in [-0.39, 0.29) is 0 Å². The normalized spacial score (nSPS) is 11.8. The second-order valence-electron chi connectivity index (χ2n) is 6.26. The molecule has 4 rings (SSSR count). The van der Waals surface area contributed by atoms with Crippen LogP contribution >= 0.6 is 0 Å². The van der Waals surface area contributed by atoms with E-state index in [2.05, 4.69) is 31.6 Å². The van der Waals surface area contributed by atoms with Crippen molar-refractivity contribution in [2.75, 3.05) is 6.61 Å². The van der Waals surface area contributed by atoms with Gasteiger partial charge in [0, 0.05) is 28.9 Å². The van der Waals surface area contributed by atoms with E-state index in [1.54, 1.807) is 12.4 Å². The van der Waals surface area contributed by atoms with Gasteiger partial charge in [-0.05, 0) is 49.4 Å². The molecule has 0 unspecified atom stereocenters. The van der Waals surface area contributed by atoms with Crippen molar-refractivity contribution in [3.8, 4) is 5.75 Å². The Morgan fingerprint density at radius 3 is 2.69 bits per heavy atom. The van der Waals surface area contributed by atoms with Crippen LogP contribution in [0, 0.1) is 0 Å². The molecule has 0 aliphatic carbocycles. The molecule has 0 bridgehead atoms. The monoisotopic (exact) mass is 383 g/mol. The molecule has 0 amide bonds. The van der Waals surface area contributed by atoms with Crippen LogP contribution in [0.3, 0.4) is 0 Å². The highest BCUT2D eigenvalue weighted by molar-refractivity contribution is 6.01. The number of aromatic amines is 1. The topological polar surface area (TPSA) is 74.7 Å². The first-order valence-electron chi connectivity index (χ1n) is 9.41. The maximum Gasteiger partial charge on any atom is 0.172 e. The molecule has 0 spiro atoms. The fourth-order valence-electron chi connectivity index (χ4n) is 2.92. The van der Waals surface area contributed by atoms with Crippen LogP contribution in [-0.2, 0) is 0 Å². The third-order valence-corrected chi connectivity index (χ3v) is 4.29. The number of hydrazone groups is 1. The number of hydrogen-bond acceptors (Lipinski definition) is 4. The molecule has 2 heterocycles. The number of fused-ring (bicyclic) bond motifs is 1. The molecule has 0 fully saturated rings. The number of ether oxygens (including phenoxy) is 1. The fraction of sp³-hybridized carbons (Fsp3) is 0.0870. The summed E-state index contributed by atoms with van der Waals surface area (Å²) in [5.41, 5.74) is 6.59. The van der Waals surface area contributed by atoms with Crippen molar-refractivity contribution in [3.05, 3.63) is 90.4 Å². The number of rotatable bonds is 6. The Balaban J connectivity index is 1.59. The maximum absolute atomic E-state index is 5.49. The summed E-state index contributed by atoms with van der Waals surface area (Å²) in [6.45, 7) is 2.59. The van der Waals surface area contributed by atoms with Crippen LogP contribution < -0.4 is 10.2 Å². The summed E-state index contributed by atoms with van der Waals surface area (Å²) in [6, 6.07) is 21.4. The summed E-state index contributed by atoms with van der Waals surface area (Å²) in [5, 5.41) is 5.51. The van der Waals surface area contributed by atoms with Crippen LogP contribution in [0.25, 0.3) is 10.9 Å². The minimum atomic E-state index is 0.561. The first-order valence-corrected chi connectivity index (χ1v) is 9.41. The molecular formula is C23H21N5O. The average Bonchev–Trinajstić information content (AvgIpc) is 3.18. The van der Waals surface area contributed by atoms with Crippen molar-refractivity contribution < 1.29 is 4.74 Å². The Kier molecular flexibility index (Phi) is 5.62. The number of benzene rings is 2. The summed E-state index contributed by atoms with van der Waals surface area (Å²) >= 11 is 0. The van der Waals surface area contributed by atoms with Crippen LogP contribution in [0.2, 0.25) is 0 Å². The molecule has 6 nitrogen and oxygen atoms in total. The van der Waals surface area contributed by atoms with Crippen LogP contribution in [0.5, 0.6) is 5.75 Å².